The molecule has 0 fully saturated rings. The van der Waals surface area contributed by atoms with E-state index in [2.05, 4.69) is 11.4 Å². The highest BCUT2D eigenvalue weighted by Gasteiger charge is 2.46. The molecule has 3 rings (SSSR count). The third-order valence-corrected chi connectivity index (χ3v) is 4.20. The van der Waals surface area contributed by atoms with Crippen molar-refractivity contribution in [3.63, 3.8) is 0 Å². The molecule has 2 aromatic rings. The first-order valence-corrected chi connectivity index (χ1v) is 7.24. The molecule has 2 aromatic carbocycles. The minimum atomic E-state index is -0.837. The monoisotopic (exact) mass is 301 g/mol. The number of anilines is 1. The van der Waals surface area contributed by atoms with Crippen molar-refractivity contribution < 1.29 is 9.53 Å². The molecule has 21 heavy (non-hydrogen) atoms. The summed E-state index contributed by atoms with van der Waals surface area (Å²) in [5, 5.41) is 3.97. The minimum absolute atomic E-state index is 0.271. The lowest BCUT2D eigenvalue weighted by molar-refractivity contribution is -0.146. The number of carbonyl (C=O) groups is 1. The standard InChI is InChI=1S/C17H16ClNO2/c1-21-16(20)17(19-14-7-4-6-13(18)11-14)10-9-12-5-2-3-8-15(12)17/h2-8,11,19H,9-10H2,1H3. The van der Waals surface area contributed by atoms with Crippen LogP contribution in [0.3, 0.4) is 0 Å². The molecule has 4 heteroatoms. The predicted molar refractivity (Wildman–Crippen MR) is 83.5 cm³/mol. The molecule has 0 aliphatic heterocycles. The first kappa shape index (κ1) is 14.0. The molecular formula is C17H16ClNO2. The van der Waals surface area contributed by atoms with Gasteiger partial charge in [0, 0.05) is 10.7 Å². The molecule has 1 unspecified atom stereocenters. The normalized spacial score (nSPS) is 19.9. The first-order valence-electron chi connectivity index (χ1n) is 6.86. The van der Waals surface area contributed by atoms with E-state index in [0.717, 1.165) is 17.7 Å². The molecule has 0 amide bonds. The second-order valence-electron chi connectivity index (χ2n) is 5.19. The van der Waals surface area contributed by atoms with Crippen molar-refractivity contribution in [3.8, 4) is 0 Å². The summed E-state index contributed by atoms with van der Waals surface area (Å²) in [6, 6.07) is 15.4. The van der Waals surface area contributed by atoms with Gasteiger partial charge in [-0.2, -0.15) is 0 Å². The number of aryl methyl sites for hydroxylation is 1. The van der Waals surface area contributed by atoms with Gasteiger partial charge < -0.3 is 10.1 Å². The molecule has 0 radical (unpaired) electrons. The Morgan fingerprint density at radius 3 is 2.81 bits per heavy atom. The number of methoxy groups -OCH3 is 1. The maximum atomic E-state index is 12.5. The van der Waals surface area contributed by atoms with Crippen LogP contribution in [-0.4, -0.2) is 13.1 Å². The third kappa shape index (κ3) is 2.38. The number of esters is 1. The topological polar surface area (TPSA) is 38.3 Å². The number of rotatable bonds is 3. The maximum absolute atomic E-state index is 12.5. The zero-order chi connectivity index (χ0) is 14.9. The van der Waals surface area contributed by atoms with Crippen molar-refractivity contribution in [1.82, 2.24) is 0 Å². The van der Waals surface area contributed by atoms with Crippen molar-refractivity contribution in [2.24, 2.45) is 0 Å². The van der Waals surface area contributed by atoms with Gasteiger partial charge in [-0.1, -0.05) is 41.9 Å². The number of hydrogen-bond donors (Lipinski definition) is 1. The summed E-state index contributed by atoms with van der Waals surface area (Å²) in [7, 11) is 1.42. The fourth-order valence-electron chi connectivity index (χ4n) is 2.99. The smallest absolute Gasteiger partial charge is 0.336 e. The lowest BCUT2D eigenvalue weighted by Gasteiger charge is -2.30. The Bertz CT molecular complexity index is 686. The Labute approximate surface area is 128 Å². The Kier molecular flexibility index (Phi) is 3.60. The molecule has 0 aromatic heterocycles. The quantitative estimate of drug-likeness (QED) is 0.877. The van der Waals surface area contributed by atoms with Crippen LogP contribution in [-0.2, 0) is 21.5 Å². The highest BCUT2D eigenvalue weighted by molar-refractivity contribution is 6.30. The van der Waals surface area contributed by atoms with Gasteiger partial charge in [-0.3, -0.25) is 0 Å². The Morgan fingerprint density at radius 2 is 2.05 bits per heavy atom. The second kappa shape index (κ2) is 5.41. The molecule has 0 bridgehead atoms. The van der Waals surface area contributed by atoms with E-state index in [4.69, 9.17) is 16.3 Å². The highest BCUT2D eigenvalue weighted by atomic mass is 35.5. The van der Waals surface area contributed by atoms with Gasteiger partial charge in [0.2, 0.25) is 0 Å². The number of hydrogen-bond acceptors (Lipinski definition) is 3. The van der Waals surface area contributed by atoms with E-state index in [1.54, 1.807) is 6.07 Å². The largest absolute Gasteiger partial charge is 0.467 e. The van der Waals surface area contributed by atoms with Crippen molar-refractivity contribution in [2.45, 2.75) is 18.4 Å². The SMILES string of the molecule is COC(=O)C1(Nc2cccc(Cl)c2)CCc2ccccc21. The first-order chi connectivity index (χ1) is 10.2. The Morgan fingerprint density at radius 1 is 1.24 bits per heavy atom. The average molecular weight is 302 g/mol. The second-order valence-corrected chi connectivity index (χ2v) is 5.63. The van der Waals surface area contributed by atoms with E-state index in [0.29, 0.717) is 11.4 Å². The average Bonchev–Trinajstić information content (AvgIpc) is 2.87. The summed E-state index contributed by atoms with van der Waals surface area (Å²) < 4.78 is 5.06. The van der Waals surface area contributed by atoms with E-state index in [1.165, 1.54) is 12.7 Å². The number of fused-ring (bicyclic) bond motifs is 1. The van der Waals surface area contributed by atoms with Gasteiger partial charge in [-0.15, -0.1) is 0 Å². The lowest BCUT2D eigenvalue weighted by Crippen LogP contribution is -2.42. The fraction of sp³-hybridized carbons (Fsp3) is 0.235. The zero-order valence-electron chi connectivity index (χ0n) is 11.7. The Hall–Kier alpha value is -2.00. The fourth-order valence-corrected chi connectivity index (χ4v) is 3.18. The van der Waals surface area contributed by atoms with Gasteiger partial charge in [0.1, 0.15) is 0 Å². The van der Waals surface area contributed by atoms with Gasteiger partial charge in [-0.05, 0) is 42.2 Å². The van der Waals surface area contributed by atoms with Crippen LogP contribution in [0.5, 0.6) is 0 Å². The molecule has 3 nitrogen and oxygen atoms in total. The van der Waals surface area contributed by atoms with Crippen molar-refractivity contribution >= 4 is 23.3 Å². The molecule has 0 heterocycles. The Balaban J connectivity index is 2.06. The molecule has 1 aliphatic carbocycles. The molecule has 0 spiro atoms. The molecule has 0 saturated carbocycles. The van der Waals surface area contributed by atoms with Crippen LogP contribution in [0, 0.1) is 0 Å². The van der Waals surface area contributed by atoms with Crippen molar-refractivity contribution in [3.05, 3.63) is 64.7 Å². The van der Waals surface area contributed by atoms with Gasteiger partial charge in [0.05, 0.1) is 7.11 Å². The number of benzene rings is 2. The van der Waals surface area contributed by atoms with Crippen LogP contribution in [0.15, 0.2) is 48.5 Å². The zero-order valence-corrected chi connectivity index (χ0v) is 12.5. The van der Waals surface area contributed by atoms with E-state index in [-0.39, 0.29) is 5.97 Å². The maximum Gasteiger partial charge on any atom is 0.336 e. The third-order valence-electron chi connectivity index (χ3n) is 3.96. The molecule has 1 aliphatic rings. The summed E-state index contributed by atoms with van der Waals surface area (Å²) in [5.41, 5.74) is 2.13. The summed E-state index contributed by atoms with van der Waals surface area (Å²) in [5.74, 6) is -0.271. The van der Waals surface area contributed by atoms with Gasteiger partial charge in [0.25, 0.3) is 0 Å². The summed E-state index contributed by atoms with van der Waals surface area (Å²) >= 11 is 6.03. The van der Waals surface area contributed by atoms with Gasteiger partial charge in [0.15, 0.2) is 5.54 Å². The molecular weight excluding hydrogens is 286 g/mol. The molecule has 1 N–H and O–H groups in total. The van der Waals surface area contributed by atoms with Crippen LogP contribution >= 0.6 is 11.6 Å². The van der Waals surface area contributed by atoms with Crippen LogP contribution in [0.2, 0.25) is 5.02 Å². The number of carbonyl (C=O) groups excluding carboxylic acids is 1. The van der Waals surface area contributed by atoms with Crippen LogP contribution in [0.25, 0.3) is 0 Å². The summed E-state index contributed by atoms with van der Waals surface area (Å²) in [6.07, 6.45) is 1.52. The van der Waals surface area contributed by atoms with Gasteiger partial charge >= 0.3 is 5.97 Å². The van der Waals surface area contributed by atoms with E-state index in [9.17, 15) is 4.79 Å². The number of ether oxygens (including phenoxy) is 1. The van der Waals surface area contributed by atoms with E-state index >= 15 is 0 Å². The van der Waals surface area contributed by atoms with Crippen molar-refractivity contribution in [2.75, 3.05) is 12.4 Å². The highest BCUT2D eigenvalue weighted by Crippen LogP contribution is 2.40. The molecule has 108 valence electrons. The lowest BCUT2D eigenvalue weighted by atomic mass is 9.91. The summed E-state index contributed by atoms with van der Waals surface area (Å²) in [4.78, 5) is 12.5. The van der Waals surface area contributed by atoms with Crippen LogP contribution in [0.1, 0.15) is 17.5 Å². The number of halogens is 1. The summed E-state index contributed by atoms with van der Waals surface area (Å²) in [6.45, 7) is 0. The minimum Gasteiger partial charge on any atom is -0.467 e. The molecule has 1 atom stereocenters. The predicted octanol–water partition coefficient (Wildman–Crippen LogP) is 3.77. The van der Waals surface area contributed by atoms with E-state index < -0.39 is 5.54 Å². The van der Waals surface area contributed by atoms with Crippen molar-refractivity contribution in [1.29, 1.82) is 0 Å². The molecule has 0 saturated heterocycles. The van der Waals surface area contributed by atoms with Gasteiger partial charge in [-0.25, -0.2) is 4.79 Å². The van der Waals surface area contributed by atoms with E-state index in [1.807, 2.05) is 36.4 Å². The number of nitrogens with one attached hydrogen (secondary N) is 1. The van der Waals surface area contributed by atoms with Crippen LogP contribution < -0.4 is 5.32 Å². The van der Waals surface area contributed by atoms with Crippen LogP contribution in [0.4, 0.5) is 5.69 Å².